The van der Waals surface area contributed by atoms with Crippen LogP contribution in [0.25, 0.3) is 150 Å². The van der Waals surface area contributed by atoms with Crippen molar-refractivity contribution in [2.75, 3.05) is 0 Å². The Balaban J connectivity index is 0.000000135. The molecule has 3 unspecified atom stereocenters. The van der Waals surface area contributed by atoms with Crippen molar-refractivity contribution in [3.8, 4) is 128 Å². The molecule has 24 rings (SSSR count). The highest BCUT2D eigenvalue weighted by Crippen LogP contribution is 2.57. The van der Waals surface area contributed by atoms with Crippen LogP contribution < -0.4 is 0 Å². The van der Waals surface area contributed by atoms with Crippen molar-refractivity contribution in [3.05, 3.63) is 485 Å². The van der Waals surface area contributed by atoms with E-state index in [1.165, 1.54) is 222 Å². The van der Waals surface area contributed by atoms with Crippen LogP contribution in [0.3, 0.4) is 0 Å². The molecule has 0 spiro atoms. The normalized spacial score (nSPS) is 14.5. The van der Waals surface area contributed by atoms with Gasteiger partial charge in [-0.05, 0) is 244 Å². The van der Waals surface area contributed by atoms with E-state index in [0.29, 0.717) is 0 Å². The summed E-state index contributed by atoms with van der Waals surface area (Å²) in [4.78, 5) is 0. The smallest absolute Gasteiger partial charge is 0.0622 e. The second-order valence-electron chi connectivity index (χ2n) is 31.5. The van der Waals surface area contributed by atoms with Gasteiger partial charge in [0.05, 0.1) is 11.0 Å². The van der Waals surface area contributed by atoms with Gasteiger partial charge >= 0.3 is 0 Å². The molecule has 0 radical (unpaired) electrons. The zero-order chi connectivity index (χ0) is 74.9. The Morgan fingerprint density at radius 1 is 0.202 bits per heavy atom. The molecular formula is C113H75N. The SMILES string of the molecule is c1ccc(-c2ccc(C3c4ccccc4-c4cc(-c5ccc6c(c5)-c5ccc7c(c5C6c5cccc(-c6ccccc6)c5)Cc5ccccc5-7)ccc43)cc2)cc1.c1ccc(-c2ccc(C3c4ccccc4-c4cc(-c5ccc6c(c5)c5ccc7c(c5n6-c5cccc(-c6ccccc6)c5)-c5ccccc5C7)ccc43)cc2)cc1. The number of hydrogen-bond acceptors (Lipinski definition) is 0. The van der Waals surface area contributed by atoms with E-state index in [1.807, 2.05) is 0 Å². The Bertz CT molecular complexity index is 7060. The first-order valence-electron chi connectivity index (χ1n) is 40.2. The van der Waals surface area contributed by atoms with Crippen LogP contribution >= 0.6 is 0 Å². The van der Waals surface area contributed by atoms with Crippen LogP contribution in [0.5, 0.6) is 0 Å². The van der Waals surface area contributed by atoms with Gasteiger partial charge in [-0.25, -0.2) is 0 Å². The third-order valence-corrected chi connectivity index (χ3v) is 25.4. The number of rotatable bonds is 10. The highest BCUT2D eigenvalue weighted by molar-refractivity contribution is 6.16. The van der Waals surface area contributed by atoms with Gasteiger partial charge in [-0.3, -0.25) is 0 Å². The van der Waals surface area contributed by atoms with Crippen LogP contribution in [0.4, 0.5) is 0 Å². The van der Waals surface area contributed by atoms with Crippen molar-refractivity contribution in [2.24, 2.45) is 0 Å². The fourth-order valence-electron chi connectivity index (χ4n) is 20.2. The van der Waals surface area contributed by atoms with Crippen molar-refractivity contribution in [1.29, 1.82) is 0 Å². The van der Waals surface area contributed by atoms with E-state index >= 15 is 0 Å². The minimum absolute atomic E-state index is 0.165. The summed E-state index contributed by atoms with van der Waals surface area (Å²) < 4.78 is 2.52. The summed E-state index contributed by atoms with van der Waals surface area (Å²) >= 11 is 0. The van der Waals surface area contributed by atoms with E-state index in [4.69, 9.17) is 0 Å². The lowest BCUT2D eigenvalue weighted by Gasteiger charge is -2.19. The minimum atomic E-state index is 0.165. The van der Waals surface area contributed by atoms with Gasteiger partial charge in [-0.2, -0.15) is 0 Å². The molecule has 1 heteroatoms. The Hall–Kier alpha value is -14.2. The largest absolute Gasteiger partial charge is 0.309 e. The number of hydrogen-bond donors (Lipinski definition) is 0. The molecule has 5 aliphatic rings. The van der Waals surface area contributed by atoms with Crippen molar-refractivity contribution < 1.29 is 0 Å². The first kappa shape index (κ1) is 65.6. The van der Waals surface area contributed by atoms with Gasteiger partial charge < -0.3 is 4.57 Å². The van der Waals surface area contributed by atoms with Crippen LogP contribution in [0.15, 0.2) is 413 Å². The molecule has 0 saturated heterocycles. The Morgan fingerprint density at radius 2 is 0.605 bits per heavy atom. The summed E-state index contributed by atoms with van der Waals surface area (Å²) in [6, 6.07) is 154. The van der Waals surface area contributed by atoms with E-state index in [1.54, 1.807) is 0 Å². The summed E-state index contributed by atoms with van der Waals surface area (Å²) in [6.45, 7) is 0. The summed E-state index contributed by atoms with van der Waals surface area (Å²) in [5.41, 5.74) is 50.3. The third-order valence-electron chi connectivity index (χ3n) is 25.4. The zero-order valence-corrected chi connectivity index (χ0v) is 62.9. The molecule has 1 heterocycles. The van der Waals surface area contributed by atoms with Crippen LogP contribution in [0.2, 0.25) is 0 Å². The molecule has 18 aromatic carbocycles. The monoisotopic (exact) mass is 1450 g/mol. The molecule has 0 fully saturated rings. The highest BCUT2D eigenvalue weighted by Gasteiger charge is 2.38. The van der Waals surface area contributed by atoms with Crippen LogP contribution in [-0.2, 0) is 12.8 Å². The zero-order valence-electron chi connectivity index (χ0n) is 62.9. The van der Waals surface area contributed by atoms with Crippen LogP contribution in [-0.4, -0.2) is 4.57 Å². The predicted octanol–water partition coefficient (Wildman–Crippen LogP) is 29.1. The van der Waals surface area contributed by atoms with Gasteiger partial charge in [-0.15, -0.1) is 0 Å². The maximum Gasteiger partial charge on any atom is 0.0622 e. The molecule has 0 bridgehead atoms. The fraction of sp³-hybridized carbons (Fsp3) is 0.0442. The van der Waals surface area contributed by atoms with E-state index in [-0.39, 0.29) is 17.8 Å². The summed E-state index contributed by atoms with van der Waals surface area (Å²) in [6.07, 6.45) is 1.94. The van der Waals surface area contributed by atoms with Gasteiger partial charge in [0.1, 0.15) is 0 Å². The van der Waals surface area contributed by atoms with Gasteiger partial charge in [0.2, 0.25) is 0 Å². The van der Waals surface area contributed by atoms with Crippen molar-refractivity contribution in [3.63, 3.8) is 0 Å². The van der Waals surface area contributed by atoms with Gasteiger partial charge in [0.15, 0.2) is 0 Å². The van der Waals surface area contributed by atoms with Crippen molar-refractivity contribution in [2.45, 2.75) is 30.6 Å². The first-order valence-corrected chi connectivity index (χ1v) is 40.2. The predicted molar refractivity (Wildman–Crippen MR) is 475 cm³/mol. The topological polar surface area (TPSA) is 4.93 Å². The van der Waals surface area contributed by atoms with Crippen LogP contribution in [0, 0.1) is 0 Å². The highest BCUT2D eigenvalue weighted by atomic mass is 15.0. The second-order valence-corrected chi connectivity index (χ2v) is 31.5. The number of aromatic nitrogens is 1. The molecular weight excluding hydrogens is 1370 g/mol. The lowest BCUT2D eigenvalue weighted by molar-refractivity contribution is 0.991. The van der Waals surface area contributed by atoms with Gasteiger partial charge in [-0.1, -0.05) is 370 Å². The molecule has 532 valence electrons. The molecule has 1 aromatic heterocycles. The van der Waals surface area contributed by atoms with Crippen molar-refractivity contribution >= 4 is 21.8 Å². The second kappa shape index (κ2) is 26.8. The lowest BCUT2D eigenvalue weighted by atomic mass is 9.84. The van der Waals surface area contributed by atoms with Crippen molar-refractivity contribution in [1.82, 2.24) is 4.57 Å². The molecule has 114 heavy (non-hydrogen) atoms. The summed E-state index contributed by atoms with van der Waals surface area (Å²) in [7, 11) is 0. The van der Waals surface area contributed by atoms with E-state index in [2.05, 4.69) is 417 Å². The average molecular weight is 1450 g/mol. The van der Waals surface area contributed by atoms with E-state index < -0.39 is 0 Å². The molecule has 0 aliphatic heterocycles. The minimum Gasteiger partial charge on any atom is -0.309 e. The molecule has 19 aromatic rings. The average Bonchev–Trinajstić information content (AvgIpc) is 1.56. The molecule has 1 nitrogen and oxygen atoms in total. The molecule has 0 amide bonds. The fourth-order valence-corrected chi connectivity index (χ4v) is 20.2. The van der Waals surface area contributed by atoms with Crippen LogP contribution in [0.1, 0.15) is 90.1 Å². The maximum absolute atomic E-state index is 2.52. The Morgan fingerprint density at radius 3 is 1.18 bits per heavy atom. The maximum atomic E-state index is 2.52. The molecule has 3 atom stereocenters. The Labute approximate surface area is 665 Å². The number of benzene rings is 18. The van der Waals surface area contributed by atoms with E-state index in [0.717, 1.165) is 12.8 Å². The number of nitrogens with zero attached hydrogens (tertiary/aromatic N) is 1. The van der Waals surface area contributed by atoms with Gasteiger partial charge in [0.25, 0.3) is 0 Å². The first-order chi connectivity index (χ1) is 56.5. The lowest BCUT2D eigenvalue weighted by Crippen LogP contribution is -2.03. The Kier molecular flexibility index (Phi) is 15.4. The molecule has 0 N–H and O–H groups in total. The van der Waals surface area contributed by atoms with Gasteiger partial charge in [0, 0.05) is 39.8 Å². The standard InChI is InChI=1S/C57H38.C56H37N/c1-3-12-36(13-4-1)38-22-24-39(25-23-38)55-48-21-10-9-20-46(48)52-33-41(26-28-49(52)55)42-27-29-50-53(34-42)51-31-30-47-45-19-8-7-16-43(45)35-54(47)57(51)56(50)44-18-11-17-40(32-44)37-14-5-2-6-15-37;1-3-12-36(13-4-1)38-22-24-39(25-23-38)54-48-21-10-9-20-47(48)51-34-41(26-29-49(51)54)42-28-31-53-52(35-42)50-30-27-44-32-43-16-7-8-19-46(43)55(44)56(50)57(53)45-18-11-17-40(33-45)37-14-5-2-6-15-37/h1-34,55-56H,35H2;1-31,33-35,54H,32H2. The third kappa shape index (κ3) is 10.8. The molecule has 0 saturated carbocycles. The summed E-state index contributed by atoms with van der Waals surface area (Å²) in [5, 5.41) is 2.56. The molecule has 5 aliphatic carbocycles. The van der Waals surface area contributed by atoms with E-state index in [9.17, 15) is 0 Å². The quantitative estimate of drug-likeness (QED) is 0.129. The number of fused-ring (bicyclic) bond motifs is 20. The summed E-state index contributed by atoms with van der Waals surface area (Å²) in [5.74, 6) is 0.575.